The molecule has 6 nitrogen and oxygen atoms in total. The van der Waals surface area contributed by atoms with E-state index < -0.39 is 0 Å². The molecule has 2 rings (SSSR count). The predicted octanol–water partition coefficient (Wildman–Crippen LogP) is -0.667. The maximum Gasteiger partial charge on any atom is 0.239 e. The van der Waals surface area contributed by atoms with Crippen molar-refractivity contribution in [3.63, 3.8) is 0 Å². The minimum atomic E-state index is -0.251. The first-order valence-corrected chi connectivity index (χ1v) is 4.52. The van der Waals surface area contributed by atoms with Gasteiger partial charge in [-0.1, -0.05) is 0 Å². The first kappa shape index (κ1) is 9.17. The summed E-state index contributed by atoms with van der Waals surface area (Å²) in [6.07, 6.45) is 2.18. The summed E-state index contributed by atoms with van der Waals surface area (Å²) in [4.78, 5) is 10.1. The van der Waals surface area contributed by atoms with Crippen LogP contribution < -0.4 is 16.2 Å². The number of nitrogens with zero attached hydrogens (tertiary/aromatic N) is 3. The Morgan fingerprint density at radius 1 is 1.64 bits per heavy atom. The molecule has 14 heavy (non-hydrogen) atoms. The molecule has 1 aliphatic heterocycles. The summed E-state index contributed by atoms with van der Waals surface area (Å²) in [5.41, 5.74) is 2.39. The van der Waals surface area contributed by atoms with Gasteiger partial charge in [-0.3, -0.25) is 5.43 Å². The van der Waals surface area contributed by atoms with Crippen LogP contribution in [-0.2, 0) is 0 Å². The van der Waals surface area contributed by atoms with Gasteiger partial charge in [0.25, 0.3) is 0 Å². The average Bonchev–Trinajstić information content (AvgIpc) is 2.65. The number of aromatic nitrogens is 2. The number of hydrogen-bond donors (Lipinski definition) is 3. The van der Waals surface area contributed by atoms with Gasteiger partial charge in [0, 0.05) is 19.3 Å². The molecule has 4 N–H and O–H groups in total. The highest BCUT2D eigenvalue weighted by molar-refractivity contribution is 5.43. The minimum absolute atomic E-state index is 0.251. The molecule has 1 atom stereocenters. The predicted molar refractivity (Wildman–Crippen MR) is 52.7 cm³/mol. The highest BCUT2D eigenvalue weighted by atomic mass is 16.3. The Labute approximate surface area is 81.7 Å². The normalized spacial score (nSPS) is 21.3. The number of rotatable bonds is 2. The van der Waals surface area contributed by atoms with Crippen molar-refractivity contribution in [3.05, 3.63) is 12.3 Å². The fraction of sp³-hybridized carbons (Fsp3) is 0.500. The molecular formula is C8H13N5O. The molecular weight excluding hydrogens is 182 g/mol. The second-order valence-electron chi connectivity index (χ2n) is 3.27. The van der Waals surface area contributed by atoms with Crippen LogP contribution in [0.3, 0.4) is 0 Å². The quantitative estimate of drug-likeness (QED) is 0.428. The highest BCUT2D eigenvalue weighted by Gasteiger charge is 2.21. The molecule has 0 radical (unpaired) electrons. The summed E-state index contributed by atoms with van der Waals surface area (Å²) in [6, 6.07) is 1.80. The molecule has 1 fully saturated rings. The summed E-state index contributed by atoms with van der Waals surface area (Å²) in [7, 11) is 0. The Kier molecular flexibility index (Phi) is 2.47. The largest absolute Gasteiger partial charge is 0.391 e. The van der Waals surface area contributed by atoms with Gasteiger partial charge in [-0.25, -0.2) is 10.8 Å². The van der Waals surface area contributed by atoms with Gasteiger partial charge >= 0.3 is 0 Å². The second kappa shape index (κ2) is 3.77. The maximum absolute atomic E-state index is 9.36. The Hall–Kier alpha value is -1.40. The van der Waals surface area contributed by atoms with E-state index in [2.05, 4.69) is 15.4 Å². The van der Waals surface area contributed by atoms with E-state index in [1.54, 1.807) is 12.3 Å². The van der Waals surface area contributed by atoms with Gasteiger partial charge in [-0.05, 0) is 12.5 Å². The van der Waals surface area contributed by atoms with Crippen LogP contribution >= 0.6 is 0 Å². The molecule has 0 spiro atoms. The Bertz CT molecular complexity index is 318. The molecule has 0 saturated carbocycles. The lowest BCUT2D eigenvalue weighted by atomic mass is 10.3. The van der Waals surface area contributed by atoms with Gasteiger partial charge in [0.2, 0.25) is 5.95 Å². The van der Waals surface area contributed by atoms with E-state index in [0.717, 1.165) is 18.8 Å². The Morgan fingerprint density at radius 2 is 2.50 bits per heavy atom. The molecule has 0 bridgehead atoms. The van der Waals surface area contributed by atoms with Gasteiger partial charge < -0.3 is 10.0 Å². The zero-order valence-electron chi connectivity index (χ0n) is 7.72. The lowest BCUT2D eigenvalue weighted by Crippen LogP contribution is -2.23. The van der Waals surface area contributed by atoms with Crippen molar-refractivity contribution >= 4 is 11.8 Å². The van der Waals surface area contributed by atoms with Crippen molar-refractivity contribution in [1.29, 1.82) is 0 Å². The number of aliphatic hydroxyl groups excluding tert-OH is 1. The van der Waals surface area contributed by atoms with E-state index in [1.807, 2.05) is 4.90 Å². The SMILES string of the molecule is NNc1nccc(N2CCC(O)C2)n1. The van der Waals surface area contributed by atoms with Crippen molar-refractivity contribution in [2.24, 2.45) is 5.84 Å². The molecule has 1 saturated heterocycles. The number of nitrogens with one attached hydrogen (secondary N) is 1. The summed E-state index contributed by atoms with van der Waals surface area (Å²) < 4.78 is 0. The van der Waals surface area contributed by atoms with E-state index in [1.165, 1.54) is 0 Å². The molecule has 0 aromatic carbocycles. The van der Waals surface area contributed by atoms with Crippen LogP contribution in [0.2, 0.25) is 0 Å². The maximum atomic E-state index is 9.36. The fourth-order valence-corrected chi connectivity index (χ4v) is 1.54. The number of anilines is 2. The third kappa shape index (κ3) is 1.75. The second-order valence-corrected chi connectivity index (χ2v) is 3.27. The zero-order chi connectivity index (χ0) is 9.97. The molecule has 1 aliphatic rings. The Balaban J connectivity index is 2.15. The lowest BCUT2D eigenvalue weighted by Gasteiger charge is -2.16. The third-order valence-electron chi connectivity index (χ3n) is 2.26. The smallest absolute Gasteiger partial charge is 0.239 e. The average molecular weight is 195 g/mol. The molecule has 0 aliphatic carbocycles. The number of nitrogen functional groups attached to an aromatic ring is 1. The van der Waals surface area contributed by atoms with Crippen LogP contribution in [-0.4, -0.2) is 34.3 Å². The number of hydrogen-bond acceptors (Lipinski definition) is 6. The number of nitrogens with two attached hydrogens (primary N) is 1. The minimum Gasteiger partial charge on any atom is -0.391 e. The molecule has 1 aromatic heterocycles. The van der Waals surface area contributed by atoms with E-state index in [4.69, 9.17) is 5.84 Å². The van der Waals surface area contributed by atoms with Crippen LogP contribution in [0, 0.1) is 0 Å². The standard InChI is InChI=1S/C8H13N5O/c9-12-8-10-3-1-7(11-8)13-4-2-6(14)5-13/h1,3,6,14H,2,4-5,9H2,(H,10,11,12). The van der Waals surface area contributed by atoms with Crippen LogP contribution in [0.25, 0.3) is 0 Å². The molecule has 2 heterocycles. The topological polar surface area (TPSA) is 87.3 Å². The van der Waals surface area contributed by atoms with E-state index in [-0.39, 0.29) is 6.10 Å². The molecule has 0 amide bonds. The molecule has 6 heteroatoms. The van der Waals surface area contributed by atoms with Crippen LogP contribution in [0.4, 0.5) is 11.8 Å². The molecule has 1 unspecified atom stereocenters. The van der Waals surface area contributed by atoms with Gasteiger partial charge in [-0.15, -0.1) is 0 Å². The number of hydrazine groups is 1. The van der Waals surface area contributed by atoms with Crippen molar-refractivity contribution < 1.29 is 5.11 Å². The van der Waals surface area contributed by atoms with Crippen molar-refractivity contribution in [2.45, 2.75) is 12.5 Å². The van der Waals surface area contributed by atoms with Crippen molar-refractivity contribution in [3.8, 4) is 0 Å². The third-order valence-corrected chi connectivity index (χ3v) is 2.26. The summed E-state index contributed by atoms with van der Waals surface area (Å²) in [5, 5.41) is 9.36. The number of β-amino-alcohol motifs (C(OH)–C–C–N with tert-alkyl or cyclic N) is 1. The summed E-state index contributed by atoms with van der Waals surface area (Å²) in [5.74, 6) is 6.39. The fourth-order valence-electron chi connectivity index (χ4n) is 1.54. The van der Waals surface area contributed by atoms with E-state index >= 15 is 0 Å². The molecule has 1 aromatic rings. The number of aliphatic hydroxyl groups is 1. The summed E-state index contributed by atoms with van der Waals surface area (Å²) in [6.45, 7) is 1.45. The van der Waals surface area contributed by atoms with Crippen LogP contribution in [0.15, 0.2) is 12.3 Å². The first-order chi connectivity index (χ1) is 6.79. The Morgan fingerprint density at radius 3 is 3.14 bits per heavy atom. The van der Waals surface area contributed by atoms with E-state index in [9.17, 15) is 5.11 Å². The van der Waals surface area contributed by atoms with E-state index in [0.29, 0.717) is 12.5 Å². The highest BCUT2D eigenvalue weighted by Crippen LogP contribution is 2.18. The summed E-state index contributed by atoms with van der Waals surface area (Å²) >= 11 is 0. The van der Waals surface area contributed by atoms with Gasteiger partial charge in [0.1, 0.15) is 5.82 Å². The molecule has 76 valence electrons. The van der Waals surface area contributed by atoms with Crippen molar-refractivity contribution in [2.75, 3.05) is 23.4 Å². The van der Waals surface area contributed by atoms with Gasteiger partial charge in [0.05, 0.1) is 6.10 Å². The van der Waals surface area contributed by atoms with Gasteiger partial charge in [-0.2, -0.15) is 4.98 Å². The zero-order valence-corrected chi connectivity index (χ0v) is 7.72. The first-order valence-electron chi connectivity index (χ1n) is 4.52. The van der Waals surface area contributed by atoms with Crippen LogP contribution in [0.1, 0.15) is 6.42 Å². The lowest BCUT2D eigenvalue weighted by molar-refractivity contribution is 0.198. The van der Waals surface area contributed by atoms with Gasteiger partial charge in [0.15, 0.2) is 0 Å². The van der Waals surface area contributed by atoms with Crippen LogP contribution in [0.5, 0.6) is 0 Å². The monoisotopic (exact) mass is 195 g/mol. The van der Waals surface area contributed by atoms with Crippen molar-refractivity contribution in [1.82, 2.24) is 9.97 Å².